The van der Waals surface area contributed by atoms with Gasteiger partial charge in [0.05, 0.1) is 17.6 Å². The van der Waals surface area contributed by atoms with Gasteiger partial charge in [-0.05, 0) is 47.5 Å². The van der Waals surface area contributed by atoms with E-state index in [1.165, 1.54) is 0 Å². The second-order valence-corrected chi connectivity index (χ2v) is 8.62. The molecule has 0 aromatic heterocycles. The van der Waals surface area contributed by atoms with Crippen molar-refractivity contribution >= 4 is 20.8 Å². The third-order valence-corrected chi connectivity index (χ3v) is 5.82. The zero-order chi connectivity index (χ0) is 19.5. The summed E-state index contributed by atoms with van der Waals surface area (Å²) < 4.78 is 32.9. The highest BCUT2D eigenvalue weighted by Gasteiger charge is 2.25. The van der Waals surface area contributed by atoms with Crippen LogP contribution in [0.3, 0.4) is 0 Å². The molecular formula is C21H23NO4S. The molecule has 0 amide bonds. The van der Waals surface area contributed by atoms with E-state index in [1.807, 2.05) is 48.5 Å². The van der Waals surface area contributed by atoms with Gasteiger partial charge in [-0.25, -0.2) is 13.1 Å². The van der Waals surface area contributed by atoms with Crippen LogP contribution in [0.4, 0.5) is 0 Å². The Morgan fingerprint density at radius 1 is 1.00 bits per heavy atom. The molecular weight excluding hydrogens is 362 g/mol. The van der Waals surface area contributed by atoms with Crippen molar-refractivity contribution in [1.82, 2.24) is 4.72 Å². The molecule has 0 aliphatic rings. The Labute approximate surface area is 159 Å². The fourth-order valence-corrected chi connectivity index (χ4v) is 4.11. The first-order valence-corrected chi connectivity index (χ1v) is 10.1. The number of aliphatic hydroxyl groups is 1. The first kappa shape index (κ1) is 19.4. The molecule has 0 bridgehead atoms. The Bertz CT molecular complexity index is 1030. The predicted octanol–water partition coefficient (Wildman–Crippen LogP) is 3.12. The lowest BCUT2D eigenvalue weighted by Crippen LogP contribution is -2.42. The Morgan fingerprint density at radius 2 is 1.67 bits per heavy atom. The van der Waals surface area contributed by atoms with E-state index in [-0.39, 0.29) is 11.4 Å². The number of methoxy groups -OCH3 is 1. The van der Waals surface area contributed by atoms with Crippen LogP contribution in [-0.4, -0.2) is 32.8 Å². The van der Waals surface area contributed by atoms with Crippen molar-refractivity contribution in [1.29, 1.82) is 0 Å². The Balaban J connectivity index is 1.70. The lowest BCUT2D eigenvalue weighted by molar-refractivity contribution is 0.0657. The molecule has 2 N–H and O–H groups in total. The quantitative estimate of drug-likeness (QED) is 0.655. The number of rotatable bonds is 7. The lowest BCUT2D eigenvalue weighted by Gasteiger charge is -2.24. The molecule has 1 unspecified atom stereocenters. The number of nitrogens with one attached hydrogen (secondary N) is 1. The van der Waals surface area contributed by atoms with Crippen molar-refractivity contribution in [3.05, 3.63) is 72.3 Å². The van der Waals surface area contributed by atoms with Crippen molar-refractivity contribution < 1.29 is 18.3 Å². The summed E-state index contributed by atoms with van der Waals surface area (Å²) in [6.07, 6.45) is 0.317. The van der Waals surface area contributed by atoms with E-state index >= 15 is 0 Å². The molecule has 0 spiro atoms. The molecule has 3 rings (SSSR count). The zero-order valence-electron chi connectivity index (χ0n) is 15.3. The maximum atomic E-state index is 12.6. The van der Waals surface area contributed by atoms with E-state index in [0.29, 0.717) is 6.42 Å². The van der Waals surface area contributed by atoms with Gasteiger partial charge in [0.2, 0.25) is 10.0 Å². The SMILES string of the molecule is COc1ccc(CC(C)(O)CNS(=O)(=O)c2ccc3ccccc3c2)cc1. The fourth-order valence-electron chi connectivity index (χ4n) is 2.91. The number of fused-ring (bicyclic) bond motifs is 1. The van der Waals surface area contributed by atoms with E-state index in [0.717, 1.165) is 22.1 Å². The first-order valence-electron chi connectivity index (χ1n) is 8.63. The third kappa shape index (κ3) is 4.86. The van der Waals surface area contributed by atoms with Crippen LogP contribution in [0.2, 0.25) is 0 Å². The van der Waals surface area contributed by atoms with Gasteiger partial charge >= 0.3 is 0 Å². The van der Waals surface area contributed by atoms with Crippen LogP contribution in [0, 0.1) is 0 Å². The fraction of sp³-hybridized carbons (Fsp3) is 0.238. The average Bonchev–Trinajstić information content (AvgIpc) is 2.66. The third-order valence-electron chi connectivity index (χ3n) is 4.42. The zero-order valence-corrected chi connectivity index (χ0v) is 16.2. The van der Waals surface area contributed by atoms with Gasteiger partial charge in [-0.1, -0.05) is 42.5 Å². The second kappa shape index (κ2) is 7.68. The van der Waals surface area contributed by atoms with Crippen molar-refractivity contribution in [3.63, 3.8) is 0 Å². The molecule has 1 atom stereocenters. The van der Waals surface area contributed by atoms with Crippen LogP contribution in [0.25, 0.3) is 10.8 Å². The maximum Gasteiger partial charge on any atom is 0.240 e. The number of benzene rings is 3. The maximum absolute atomic E-state index is 12.6. The minimum Gasteiger partial charge on any atom is -0.497 e. The predicted molar refractivity (Wildman–Crippen MR) is 106 cm³/mol. The largest absolute Gasteiger partial charge is 0.497 e. The van der Waals surface area contributed by atoms with Gasteiger partial charge < -0.3 is 9.84 Å². The van der Waals surface area contributed by atoms with Crippen molar-refractivity contribution in [2.45, 2.75) is 23.8 Å². The van der Waals surface area contributed by atoms with Gasteiger partial charge in [-0.2, -0.15) is 0 Å². The Hall–Kier alpha value is -2.41. The smallest absolute Gasteiger partial charge is 0.240 e. The number of ether oxygens (including phenoxy) is 1. The summed E-state index contributed by atoms with van der Waals surface area (Å²) in [5.74, 6) is 0.732. The molecule has 0 saturated carbocycles. The average molecular weight is 385 g/mol. The molecule has 0 fully saturated rings. The summed E-state index contributed by atoms with van der Waals surface area (Å²) in [7, 11) is -2.13. The van der Waals surface area contributed by atoms with Gasteiger partial charge in [0.1, 0.15) is 5.75 Å². The van der Waals surface area contributed by atoms with Crippen LogP contribution in [0.1, 0.15) is 12.5 Å². The van der Waals surface area contributed by atoms with Crippen LogP contribution >= 0.6 is 0 Å². The normalized spacial score (nSPS) is 14.0. The van der Waals surface area contributed by atoms with Gasteiger partial charge in [0.25, 0.3) is 0 Å². The summed E-state index contributed by atoms with van der Waals surface area (Å²) in [4.78, 5) is 0.182. The standard InChI is InChI=1S/C21H23NO4S/c1-21(23,14-16-7-10-19(26-2)11-8-16)15-22-27(24,25)20-12-9-17-5-3-4-6-18(17)13-20/h3-13,22-23H,14-15H2,1-2H3. The lowest BCUT2D eigenvalue weighted by atomic mass is 9.97. The summed E-state index contributed by atoms with van der Waals surface area (Å²) in [5.41, 5.74) is -0.330. The molecule has 0 aliphatic carbocycles. The van der Waals surface area contributed by atoms with Crippen LogP contribution < -0.4 is 9.46 Å². The van der Waals surface area contributed by atoms with Crippen LogP contribution in [0.5, 0.6) is 5.75 Å². The molecule has 6 heteroatoms. The van der Waals surface area contributed by atoms with Crippen LogP contribution in [-0.2, 0) is 16.4 Å². The highest BCUT2D eigenvalue weighted by atomic mass is 32.2. The van der Waals surface area contributed by atoms with Gasteiger partial charge in [0, 0.05) is 13.0 Å². The molecule has 0 heterocycles. The summed E-state index contributed by atoms with van der Waals surface area (Å²) in [6.45, 7) is 1.52. The summed E-state index contributed by atoms with van der Waals surface area (Å²) in [5, 5.41) is 12.4. The van der Waals surface area contributed by atoms with Crippen LogP contribution in [0.15, 0.2) is 71.6 Å². The number of hydrogen-bond acceptors (Lipinski definition) is 4. The molecule has 0 radical (unpaired) electrons. The molecule has 27 heavy (non-hydrogen) atoms. The first-order chi connectivity index (χ1) is 12.8. The van der Waals surface area contributed by atoms with E-state index < -0.39 is 15.6 Å². The summed E-state index contributed by atoms with van der Waals surface area (Å²) >= 11 is 0. The van der Waals surface area contributed by atoms with Gasteiger partial charge in [-0.15, -0.1) is 0 Å². The Morgan fingerprint density at radius 3 is 2.33 bits per heavy atom. The van der Waals surface area contributed by atoms with E-state index in [1.54, 1.807) is 32.2 Å². The number of sulfonamides is 1. The summed E-state index contributed by atoms with van der Waals surface area (Å²) in [6, 6.07) is 19.9. The van der Waals surface area contributed by atoms with Gasteiger partial charge in [-0.3, -0.25) is 0 Å². The molecule has 5 nitrogen and oxygen atoms in total. The van der Waals surface area contributed by atoms with E-state index in [9.17, 15) is 13.5 Å². The molecule has 142 valence electrons. The highest BCUT2D eigenvalue weighted by Crippen LogP contribution is 2.20. The molecule has 0 saturated heterocycles. The van der Waals surface area contributed by atoms with Crippen molar-refractivity contribution in [2.75, 3.05) is 13.7 Å². The van der Waals surface area contributed by atoms with Crippen molar-refractivity contribution in [3.8, 4) is 5.75 Å². The topological polar surface area (TPSA) is 75.6 Å². The minimum absolute atomic E-state index is 0.0891. The highest BCUT2D eigenvalue weighted by molar-refractivity contribution is 7.89. The molecule has 3 aromatic carbocycles. The Kier molecular flexibility index (Phi) is 5.51. The van der Waals surface area contributed by atoms with Gasteiger partial charge in [0.15, 0.2) is 0 Å². The minimum atomic E-state index is -3.72. The molecule has 3 aromatic rings. The van der Waals surface area contributed by atoms with Crippen molar-refractivity contribution in [2.24, 2.45) is 0 Å². The van der Waals surface area contributed by atoms with E-state index in [4.69, 9.17) is 4.74 Å². The monoisotopic (exact) mass is 385 g/mol. The second-order valence-electron chi connectivity index (χ2n) is 6.86. The van der Waals surface area contributed by atoms with E-state index in [2.05, 4.69) is 4.72 Å². The number of hydrogen-bond donors (Lipinski definition) is 2. The molecule has 0 aliphatic heterocycles.